The number of carbonyl (C=O) groups is 1. The van der Waals surface area contributed by atoms with E-state index in [1.54, 1.807) is 43.5 Å². The van der Waals surface area contributed by atoms with Gasteiger partial charge in [-0.2, -0.15) is 0 Å². The second-order valence-electron chi connectivity index (χ2n) is 7.74. The van der Waals surface area contributed by atoms with Crippen LogP contribution in [0.1, 0.15) is 40.2 Å². The second kappa shape index (κ2) is 7.94. The summed E-state index contributed by atoms with van der Waals surface area (Å²) in [6.45, 7) is 4.03. The number of anilines is 1. The number of aromatic hydroxyl groups is 1. The summed E-state index contributed by atoms with van der Waals surface area (Å²) in [5.41, 5.74) is 1.58. The Balaban J connectivity index is 1.81. The predicted molar refractivity (Wildman–Crippen MR) is 124 cm³/mol. The van der Waals surface area contributed by atoms with Gasteiger partial charge in [-0.05, 0) is 67.4 Å². The molecule has 166 valence electrons. The molecule has 0 radical (unpaired) electrons. The molecule has 1 aliphatic rings. The third-order valence-electron chi connectivity index (χ3n) is 5.58. The topological polar surface area (TPSA) is 92.9 Å². The fourth-order valence-corrected chi connectivity index (χ4v) is 4.29. The van der Waals surface area contributed by atoms with Crippen molar-refractivity contribution in [3.8, 4) is 11.5 Å². The van der Waals surface area contributed by atoms with Crippen molar-refractivity contribution in [1.29, 1.82) is 0 Å². The molecule has 0 aliphatic carbocycles. The summed E-state index contributed by atoms with van der Waals surface area (Å²) >= 11 is 6.13. The normalized spacial score (nSPS) is 15.2. The maximum atomic E-state index is 13.6. The fourth-order valence-electron chi connectivity index (χ4n) is 4.12. The van der Waals surface area contributed by atoms with Gasteiger partial charge in [0, 0.05) is 11.2 Å². The Bertz CT molecular complexity index is 1480. The summed E-state index contributed by atoms with van der Waals surface area (Å²) in [5.74, 6) is 0.0650. The highest BCUT2D eigenvalue weighted by atomic mass is 35.5. The minimum Gasteiger partial charge on any atom is -0.504 e. The maximum Gasteiger partial charge on any atom is 0.296 e. The molecule has 1 unspecified atom stereocenters. The number of pyridine rings is 1. The Morgan fingerprint density at radius 1 is 1.15 bits per heavy atom. The fraction of sp³-hybridized carbons (Fsp3) is 0.160. The molecule has 5 rings (SSSR count). The molecule has 1 atom stereocenters. The largest absolute Gasteiger partial charge is 0.504 e. The molecule has 33 heavy (non-hydrogen) atoms. The van der Waals surface area contributed by atoms with Crippen molar-refractivity contribution < 1.29 is 19.1 Å². The number of aryl methyl sites for hydroxylation is 1. The van der Waals surface area contributed by atoms with Crippen LogP contribution in [0.2, 0.25) is 5.02 Å². The van der Waals surface area contributed by atoms with Crippen molar-refractivity contribution in [3.05, 3.63) is 92.4 Å². The van der Waals surface area contributed by atoms with E-state index in [0.29, 0.717) is 23.0 Å². The molecular weight excluding hydrogens is 444 g/mol. The van der Waals surface area contributed by atoms with Crippen molar-refractivity contribution in [1.82, 2.24) is 4.98 Å². The molecule has 1 amide bonds. The molecule has 2 aromatic heterocycles. The van der Waals surface area contributed by atoms with Gasteiger partial charge >= 0.3 is 0 Å². The quantitative estimate of drug-likeness (QED) is 0.458. The van der Waals surface area contributed by atoms with Crippen LogP contribution in [0.4, 0.5) is 5.82 Å². The van der Waals surface area contributed by atoms with Gasteiger partial charge in [0.05, 0.1) is 23.6 Å². The van der Waals surface area contributed by atoms with E-state index >= 15 is 0 Å². The van der Waals surface area contributed by atoms with Gasteiger partial charge in [0.1, 0.15) is 11.4 Å². The second-order valence-corrected chi connectivity index (χ2v) is 8.18. The molecule has 4 aromatic rings. The summed E-state index contributed by atoms with van der Waals surface area (Å²) in [6.07, 6.45) is 1.60. The van der Waals surface area contributed by atoms with E-state index in [0.717, 1.165) is 5.56 Å². The smallest absolute Gasteiger partial charge is 0.296 e. The SMILES string of the molecule is CCOc1cc(C2c3c(oc4ccc(Cl)cc4c3=O)C(=O)N2c2cc(C)ccn2)ccc1O. The molecule has 0 saturated carbocycles. The lowest BCUT2D eigenvalue weighted by molar-refractivity contribution is 0.0970. The van der Waals surface area contributed by atoms with Crippen LogP contribution in [0.3, 0.4) is 0 Å². The molecule has 3 heterocycles. The number of fused-ring (bicyclic) bond motifs is 2. The monoisotopic (exact) mass is 462 g/mol. The van der Waals surface area contributed by atoms with Crippen molar-refractivity contribution in [3.63, 3.8) is 0 Å². The van der Waals surface area contributed by atoms with Gasteiger partial charge in [-0.25, -0.2) is 4.98 Å². The third-order valence-corrected chi connectivity index (χ3v) is 5.81. The van der Waals surface area contributed by atoms with E-state index < -0.39 is 11.9 Å². The number of benzene rings is 2. The van der Waals surface area contributed by atoms with E-state index in [1.165, 1.54) is 17.0 Å². The first kappa shape index (κ1) is 21.0. The van der Waals surface area contributed by atoms with Gasteiger partial charge in [0.25, 0.3) is 5.91 Å². The highest BCUT2D eigenvalue weighted by Crippen LogP contribution is 2.42. The average Bonchev–Trinajstić information content (AvgIpc) is 3.08. The summed E-state index contributed by atoms with van der Waals surface area (Å²) in [4.78, 5) is 33.0. The average molecular weight is 463 g/mol. The minimum absolute atomic E-state index is 0.0392. The molecule has 7 nitrogen and oxygen atoms in total. The number of phenolic OH excluding ortho intramolecular Hbond substituents is 1. The number of amides is 1. The number of nitrogens with zero attached hydrogens (tertiary/aromatic N) is 2. The van der Waals surface area contributed by atoms with Gasteiger partial charge < -0.3 is 14.3 Å². The van der Waals surface area contributed by atoms with E-state index in [-0.39, 0.29) is 39.2 Å². The van der Waals surface area contributed by atoms with E-state index in [4.69, 9.17) is 20.8 Å². The van der Waals surface area contributed by atoms with Crippen LogP contribution in [0.25, 0.3) is 11.0 Å². The third kappa shape index (κ3) is 3.41. The Kier molecular flexibility index (Phi) is 5.06. The number of ether oxygens (including phenoxy) is 1. The molecular formula is C25H19ClN2O5. The zero-order valence-electron chi connectivity index (χ0n) is 17.8. The van der Waals surface area contributed by atoms with Gasteiger partial charge in [0.15, 0.2) is 16.9 Å². The lowest BCUT2D eigenvalue weighted by Gasteiger charge is -2.25. The van der Waals surface area contributed by atoms with Crippen LogP contribution in [0.5, 0.6) is 11.5 Å². The van der Waals surface area contributed by atoms with Crippen molar-refractivity contribution in [2.45, 2.75) is 19.9 Å². The summed E-state index contributed by atoms with van der Waals surface area (Å²) in [6, 6.07) is 12.2. The predicted octanol–water partition coefficient (Wildman–Crippen LogP) is 5.00. The van der Waals surface area contributed by atoms with E-state index in [1.807, 2.05) is 13.0 Å². The van der Waals surface area contributed by atoms with Gasteiger partial charge in [0.2, 0.25) is 5.76 Å². The van der Waals surface area contributed by atoms with Gasteiger partial charge in [-0.15, -0.1) is 0 Å². The first-order valence-corrected chi connectivity index (χ1v) is 10.7. The van der Waals surface area contributed by atoms with Crippen LogP contribution in [0, 0.1) is 6.92 Å². The number of hydrogen-bond donors (Lipinski definition) is 1. The van der Waals surface area contributed by atoms with E-state index in [9.17, 15) is 14.7 Å². The Morgan fingerprint density at radius 3 is 2.73 bits per heavy atom. The van der Waals surface area contributed by atoms with Crippen molar-refractivity contribution in [2.24, 2.45) is 0 Å². The zero-order valence-corrected chi connectivity index (χ0v) is 18.6. The summed E-state index contributed by atoms with van der Waals surface area (Å²) < 4.78 is 11.5. The molecule has 8 heteroatoms. The van der Waals surface area contributed by atoms with Crippen LogP contribution in [-0.4, -0.2) is 22.6 Å². The van der Waals surface area contributed by atoms with Crippen molar-refractivity contribution in [2.75, 3.05) is 11.5 Å². The van der Waals surface area contributed by atoms with Crippen LogP contribution in [-0.2, 0) is 0 Å². The number of halogens is 1. The minimum atomic E-state index is -0.832. The number of carbonyl (C=O) groups excluding carboxylic acids is 1. The molecule has 2 aromatic carbocycles. The standard InChI is InChI=1S/C25H19ClN2O5/c1-3-32-19-11-14(4-6-17(19)29)22-21-23(30)16-12-15(26)5-7-18(16)33-24(21)25(31)28(22)20-10-13(2)8-9-27-20/h4-12,22,29H,3H2,1-2H3. The van der Waals surface area contributed by atoms with Gasteiger partial charge in [-0.1, -0.05) is 17.7 Å². The molecule has 0 saturated heterocycles. The Morgan fingerprint density at radius 2 is 1.97 bits per heavy atom. The maximum absolute atomic E-state index is 13.6. The first-order chi connectivity index (χ1) is 15.9. The number of hydrogen-bond acceptors (Lipinski definition) is 6. The number of rotatable bonds is 4. The molecule has 0 spiro atoms. The lowest BCUT2D eigenvalue weighted by atomic mass is 9.98. The molecule has 1 N–H and O–H groups in total. The summed E-state index contributed by atoms with van der Waals surface area (Å²) in [7, 11) is 0. The Labute approximate surface area is 193 Å². The molecule has 0 bridgehead atoms. The summed E-state index contributed by atoms with van der Waals surface area (Å²) in [5, 5.41) is 10.9. The highest BCUT2D eigenvalue weighted by molar-refractivity contribution is 6.31. The Hall–Kier alpha value is -3.84. The highest BCUT2D eigenvalue weighted by Gasteiger charge is 2.44. The number of phenols is 1. The van der Waals surface area contributed by atoms with Crippen LogP contribution in [0.15, 0.2) is 63.9 Å². The number of aromatic nitrogens is 1. The first-order valence-electron chi connectivity index (χ1n) is 10.4. The zero-order chi connectivity index (χ0) is 23.3. The van der Waals surface area contributed by atoms with Crippen LogP contribution < -0.4 is 15.1 Å². The molecule has 0 fully saturated rings. The van der Waals surface area contributed by atoms with Gasteiger partial charge in [-0.3, -0.25) is 14.5 Å². The lowest BCUT2D eigenvalue weighted by Crippen LogP contribution is -2.30. The van der Waals surface area contributed by atoms with Crippen molar-refractivity contribution >= 4 is 34.3 Å². The van der Waals surface area contributed by atoms with Crippen LogP contribution >= 0.6 is 11.6 Å². The van der Waals surface area contributed by atoms with E-state index in [2.05, 4.69) is 4.98 Å². The molecule has 1 aliphatic heterocycles.